The molecule has 124 valence electrons. The first-order chi connectivity index (χ1) is 10.5. The Hall–Kier alpha value is -1.40. The zero-order chi connectivity index (χ0) is 16.2. The molecule has 1 saturated heterocycles. The molecule has 0 radical (unpaired) electrons. The Morgan fingerprint density at radius 1 is 1.32 bits per heavy atom. The van der Waals surface area contributed by atoms with Crippen molar-refractivity contribution in [2.24, 2.45) is 5.41 Å². The number of halogens is 2. The standard InChI is InChI=1S/C16H23F2NO3/c1-16(11-20-2)6-7-19(10-16)9-12-4-5-13(21-3)8-14(12)22-15(17)18/h4-5,8,15H,6-7,9-11H2,1-3H3. The van der Waals surface area contributed by atoms with E-state index in [1.807, 2.05) is 0 Å². The average Bonchev–Trinajstić information content (AvgIpc) is 2.81. The van der Waals surface area contributed by atoms with Crippen molar-refractivity contribution in [1.29, 1.82) is 0 Å². The fraction of sp³-hybridized carbons (Fsp3) is 0.625. The zero-order valence-corrected chi connectivity index (χ0v) is 13.3. The number of methoxy groups -OCH3 is 2. The Balaban J connectivity index is 2.09. The van der Waals surface area contributed by atoms with Crippen LogP contribution in [-0.4, -0.2) is 45.4 Å². The van der Waals surface area contributed by atoms with Gasteiger partial charge in [0.25, 0.3) is 0 Å². The quantitative estimate of drug-likeness (QED) is 0.773. The number of hydrogen-bond acceptors (Lipinski definition) is 4. The summed E-state index contributed by atoms with van der Waals surface area (Å²) in [4.78, 5) is 2.24. The molecule has 1 aliphatic rings. The normalized spacial score (nSPS) is 22.3. The van der Waals surface area contributed by atoms with Crippen LogP contribution in [0.3, 0.4) is 0 Å². The van der Waals surface area contributed by atoms with Gasteiger partial charge in [-0.2, -0.15) is 8.78 Å². The Morgan fingerprint density at radius 2 is 2.09 bits per heavy atom. The van der Waals surface area contributed by atoms with Crippen molar-refractivity contribution >= 4 is 0 Å². The van der Waals surface area contributed by atoms with Crippen LogP contribution < -0.4 is 9.47 Å². The fourth-order valence-electron chi connectivity index (χ4n) is 2.97. The molecular weight excluding hydrogens is 292 g/mol. The molecule has 0 spiro atoms. The summed E-state index contributed by atoms with van der Waals surface area (Å²) in [6.45, 7) is 2.41. The van der Waals surface area contributed by atoms with Crippen LogP contribution in [0, 0.1) is 5.41 Å². The molecule has 1 unspecified atom stereocenters. The molecule has 1 aliphatic heterocycles. The molecule has 1 atom stereocenters. The number of alkyl halides is 2. The van der Waals surface area contributed by atoms with Crippen LogP contribution in [0.5, 0.6) is 11.5 Å². The first-order valence-corrected chi connectivity index (χ1v) is 7.29. The Kier molecular flexibility index (Phi) is 5.58. The second-order valence-electron chi connectivity index (χ2n) is 6.06. The van der Waals surface area contributed by atoms with Crippen molar-refractivity contribution in [2.75, 3.05) is 33.9 Å². The van der Waals surface area contributed by atoms with E-state index in [4.69, 9.17) is 9.47 Å². The van der Waals surface area contributed by atoms with E-state index in [1.165, 1.54) is 13.2 Å². The van der Waals surface area contributed by atoms with E-state index in [1.54, 1.807) is 19.2 Å². The average molecular weight is 315 g/mol. The van der Waals surface area contributed by atoms with Crippen LogP contribution in [0.2, 0.25) is 0 Å². The van der Waals surface area contributed by atoms with Gasteiger partial charge in [-0.1, -0.05) is 13.0 Å². The summed E-state index contributed by atoms with van der Waals surface area (Å²) in [6.07, 6.45) is 1.03. The van der Waals surface area contributed by atoms with Gasteiger partial charge in [-0.25, -0.2) is 0 Å². The zero-order valence-electron chi connectivity index (χ0n) is 13.3. The highest BCUT2D eigenvalue weighted by Gasteiger charge is 2.34. The van der Waals surface area contributed by atoms with Gasteiger partial charge >= 0.3 is 6.61 Å². The summed E-state index contributed by atoms with van der Waals surface area (Å²) in [7, 11) is 3.20. The third-order valence-corrected chi connectivity index (χ3v) is 4.01. The van der Waals surface area contributed by atoms with Crippen molar-refractivity contribution in [3.05, 3.63) is 23.8 Å². The molecule has 6 heteroatoms. The number of likely N-dealkylation sites (tertiary alicyclic amines) is 1. The highest BCUT2D eigenvalue weighted by atomic mass is 19.3. The minimum atomic E-state index is -2.84. The number of rotatable bonds is 7. The molecule has 0 saturated carbocycles. The highest BCUT2D eigenvalue weighted by molar-refractivity contribution is 5.40. The van der Waals surface area contributed by atoms with Gasteiger partial charge in [0.2, 0.25) is 0 Å². The van der Waals surface area contributed by atoms with E-state index < -0.39 is 6.61 Å². The van der Waals surface area contributed by atoms with Gasteiger partial charge in [-0.05, 0) is 19.0 Å². The summed E-state index contributed by atoms with van der Waals surface area (Å²) < 4.78 is 40.1. The van der Waals surface area contributed by atoms with Crippen molar-refractivity contribution in [3.8, 4) is 11.5 Å². The molecule has 4 nitrogen and oxygen atoms in total. The Morgan fingerprint density at radius 3 is 2.73 bits per heavy atom. The predicted octanol–water partition coefficient (Wildman–Crippen LogP) is 3.16. The lowest BCUT2D eigenvalue weighted by Crippen LogP contribution is -2.28. The molecule has 1 fully saturated rings. The second kappa shape index (κ2) is 7.24. The van der Waals surface area contributed by atoms with Crippen molar-refractivity contribution in [2.45, 2.75) is 26.5 Å². The first kappa shape index (κ1) is 17.0. The molecule has 0 N–H and O–H groups in total. The van der Waals surface area contributed by atoms with Gasteiger partial charge in [0.1, 0.15) is 11.5 Å². The van der Waals surface area contributed by atoms with Gasteiger partial charge in [-0.3, -0.25) is 4.90 Å². The van der Waals surface area contributed by atoms with Gasteiger partial charge in [0, 0.05) is 37.2 Å². The van der Waals surface area contributed by atoms with Crippen LogP contribution in [-0.2, 0) is 11.3 Å². The largest absolute Gasteiger partial charge is 0.497 e. The molecular formula is C16H23F2NO3. The minimum absolute atomic E-state index is 0.116. The monoisotopic (exact) mass is 315 g/mol. The maximum absolute atomic E-state index is 12.6. The molecule has 0 aromatic heterocycles. The number of hydrogen-bond donors (Lipinski definition) is 0. The van der Waals surface area contributed by atoms with Crippen LogP contribution in [0.25, 0.3) is 0 Å². The number of nitrogens with zero attached hydrogens (tertiary/aromatic N) is 1. The highest BCUT2D eigenvalue weighted by Crippen LogP contribution is 2.33. The lowest BCUT2D eigenvalue weighted by atomic mass is 9.91. The number of ether oxygens (including phenoxy) is 3. The second-order valence-corrected chi connectivity index (χ2v) is 6.06. The van der Waals surface area contributed by atoms with E-state index in [9.17, 15) is 8.78 Å². The summed E-state index contributed by atoms with van der Waals surface area (Å²) in [5, 5.41) is 0. The van der Waals surface area contributed by atoms with E-state index in [2.05, 4.69) is 16.6 Å². The SMILES string of the molecule is COCC1(C)CCN(Cc2ccc(OC)cc2OC(F)F)C1. The predicted molar refractivity (Wildman–Crippen MR) is 79.5 cm³/mol. The van der Waals surface area contributed by atoms with Gasteiger partial charge < -0.3 is 14.2 Å². The maximum atomic E-state index is 12.6. The van der Waals surface area contributed by atoms with Crippen molar-refractivity contribution in [1.82, 2.24) is 4.90 Å². The minimum Gasteiger partial charge on any atom is -0.497 e. The van der Waals surface area contributed by atoms with E-state index in [0.717, 1.165) is 25.1 Å². The summed E-state index contributed by atoms with van der Waals surface area (Å²) >= 11 is 0. The third kappa shape index (κ3) is 4.30. The van der Waals surface area contributed by atoms with Gasteiger partial charge in [0.15, 0.2) is 0 Å². The van der Waals surface area contributed by atoms with Crippen molar-refractivity contribution in [3.63, 3.8) is 0 Å². The van der Waals surface area contributed by atoms with Crippen molar-refractivity contribution < 1.29 is 23.0 Å². The first-order valence-electron chi connectivity index (χ1n) is 7.29. The smallest absolute Gasteiger partial charge is 0.387 e. The van der Waals surface area contributed by atoms with E-state index >= 15 is 0 Å². The molecule has 1 aromatic carbocycles. The van der Waals surface area contributed by atoms with Crippen LogP contribution in [0.1, 0.15) is 18.9 Å². The third-order valence-electron chi connectivity index (χ3n) is 4.01. The maximum Gasteiger partial charge on any atom is 0.387 e. The molecule has 1 heterocycles. The molecule has 2 rings (SSSR count). The Labute approximate surface area is 130 Å². The molecule has 22 heavy (non-hydrogen) atoms. The molecule has 1 aromatic rings. The summed E-state index contributed by atoms with van der Waals surface area (Å²) in [5.74, 6) is 0.680. The summed E-state index contributed by atoms with van der Waals surface area (Å²) in [6, 6.07) is 5.05. The van der Waals surface area contributed by atoms with Gasteiger partial charge in [-0.15, -0.1) is 0 Å². The van der Waals surface area contributed by atoms with Gasteiger partial charge in [0.05, 0.1) is 13.7 Å². The van der Waals surface area contributed by atoms with Crippen LogP contribution in [0.15, 0.2) is 18.2 Å². The fourth-order valence-corrected chi connectivity index (χ4v) is 2.97. The van der Waals surface area contributed by atoms with Crippen LogP contribution in [0.4, 0.5) is 8.78 Å². The molecule has 0 bridgehead atoms. The summed E-state index contributed by atoms with van der Waals surface area (Å²) in [5.41, 5.74) is 0.855. The number of benzene rings is 1. The topological polar surface area (TPSA) is 30.9 Å². The van der Waals surface area contributed by atoms with Crippen LogP contribution >= 0.6 is 0 Å². The lowest BCUT2D eigenvalue weighted by Gasteiger charge is -2.24. The molecule has 0 amide bonds. The lowest BCUT2D eigenvalue weighted by molar-refractivity contribution is -0.0508. The van der Waals surface area contributed by atoms with E-state index in [0.29, 0.717) is 18.9 Å². The van der Waals surface area contributed by atoms with E-state index in [-0.39, 0.29) is 11.2 Å². The molecule has 0 aliphatic carbocycles. The Bertz CT molecular complexity index is 498.